The standard InChI is InChI=1S/C7H14N6O/c14-6-3-8-1-2-13(4-6)5-7-9-11-12-10-7/h6,8,14H,1-5H2,(H,9,10,11,12). The summed E-state index contributed by atoms with van der Waals surface area (Å²) >= 11 is 0. The number of nitrogens with one attached hydrogen (secondary N) is 2. The van der Waals surface area contributed by atoms with E-state index in [4.69, 9.17) is 0 Å². The van der Waals surface area contributed by atoms with E-state index >= 15 is 0 Å². The number of hydrogen-bond acceptors (Lipinski definition) is 6. The molecule has 1 aliphatic heterocycles. The summed E-state index contributed by atoms with van der Waals surface area (Å²) < 4.78 is 0. The highest BCUT2D eigenvalue weighted by molar-refractivity contribution is 4.80. The van der Waals surface area contributed by atoms with Crippen molar-refractivity contribution in [1.29, 1.82) is 0 Å². The second-order valence-electron chi connectivity index (χ2n) is 3.42. The third-order valence-corrected chi connectivity index (χ3v) is 2.21. The zero-order valence-electron chi connectivity index (χ0n) is 7.85. The molecule has 0 saturated carbocycles. The second kappa shape index (κ2) is 4.45. The molecule has 0 spiro atoms. The van der Waals surface area contributed by atoms with Gasteiger partial charge in [0.1, 0.15) is 0 Å². The van der Waals surface area contributed by atoms with E-state index in [1.165, 1.54) is 0 Å². The van der Waals surface area contributed by atoms with Crippen LogP contribution in [0.3, 0.4) is 0 Å². The fourth-order valence-electron chi connectivity index (χ4n) is 1.55. The minimum atomic E-state index is -0.315. The Hall–Kier alpha value is -1.05. The van der Waals surface area contributed by atoms with Gasteiger partial charge >= 0.3 is 0 Å². The lowest BCUT2D eigenvalue weighted by molar-refractivity contribution is 0.126. The summed E-state index contributed by atoms with van der Waals surface area (Å²) in [6.45, 7) is 3.72. The van der Waals surface area contributed by atoms with Crippen LogP contribution in [0.2, 0.25) is 0 Å². The summed E-state index contributed by atoms with van der Waals surface area (Å²) in [5.41, 5.74) is 0. The summed E-state index contributed by atoms with van der Waals surface area (Å²) in [6, 6.07) is 0. The molecule has 2 rings (SSSR count). The number of aromatic amines is 1. The van der Waals surface area contributed by atoms with Crippen LogP contribution in [0.15, 0.2) is 0 Å². The Labute approximate surface area is 81.5 Å². The van der Waals surface area contributed by atoms with Crippen LogP contribution in [-0.2, 0) is 6.54 Å². The van der Waals surface area contributed by atoms with Crippen molar-refractivity contribution in [2.24, 2.45) is 0 Å². The van der Waals surface area contributed by atoms with Crippen molar-refractivity contribution >= 4 is 0 Å². The molecule has 1 unspecified atom stereocenters. The monoisotopic (exact) mass is 198 g/mol. The summed E-state index contributed by atoms with van der Waals surface area (Å²) in [5.74, 6) is 0.666. The van der Waals surface area contributed by atoms with E-state index in [1.807, 2.05) is 0 Å². The van der Waals surface area contributed by atoms with Crippen molar-refractivity contribution in [3.05, 3.63) is 5.82 Å². The van der Waals surface area contributed by atoms with Crippen LogP contribution in [-0.4, -0.2) is 62.9 Å². The van der Waals surface area contributed by atoms with Gasteiger partial charge in [-0.15, -0.1) is 10.2 Å². The van der Waals surface area contributed by atoms with Crippen LogP contribution in [0, 0.1) is 0 Å². The molecular formula is C7H14N6O. The Bertz CT molecular complexity index is 263. The first-order valence-electron chi connectivity index (χ1n) is 4.68. The molecule has 1 aromatic heterocycles. The molecule has 1 fully saturated rings. The third-order valence-electron chi connectivity index (χ3n) is 2.21. The smallest absolute Gasteiger partial charge is 0.188 e. The molecule has 0 aliphatic carbocycles. The number of tetrazole rings is 1. The number of aromatic nitrogens is 4. The lowest BCUT2D eigenvalue weighted by Crippen LogP contribution is -2.32. The number of aliphatic hydroxyl groups is 1. The lowest BCUT2D eigenvalue weighted by Gasteiger charge is -2.18. The molecule has 0 aromatic carbocycles. The molecule has 7 heteroatoms. The first-order chi connectivity index (χ1) is 6.84. The van der Waals surface area contributed by atoms with Crippen molar-refractivity contribution in [3.8, 4) is 0 Å². The van der Waals surface area contributed by atoms with Gasteiger partial charge in [-0.1, -0.05) is 5.21 Å². The topological polar surface area (TPSA) is 90.0 Å². The third kappa shape index (κ3) is 2.47. The average molecular weight is 198 g/mol. The highest BCUT2D eigenvalue weighted by Crippen LogP contribution is 2.00. The van der Waals surface area contributed by atoms with Crippen LogP contribution in [0.5, 0.6) is 0 Å². The quantitative estimate of drug-likeness (QED) is 0.507. The van der Waals surface area contributed by atoms with Crippen LogP contribution < -0.4 is 5.32 Å². The molecule has 0 bridgehead atoms. The van der Waals surface area contributed by atoms with Crippen molar-refractivity contribution in [3.63, 3.8) is 0 Å². The maximum atomic E-state index is 9.52. The number of aliphatic hydroxyl groups excluding tert-OH is 1. The maximum absolute atomic E-state index is 9.52. The molecule has 0 radical (unpaired) electrons. The minimum Gasteiger partial charge on any atom is -0.390 e. The number of nitrogens with zero attached hydrogens (tertiary/aromatic N) is 4. The average Bonchev–Trinajstić information content (AvgIpc) is 2.56. The molecule has 14 heavy (non-hydrogen) atoms. The largest absolute Gasteiger partial charge is 0.390 e. The highest BCUT2D eigenvalue weighted by atomic mass is 16.3. The van der Waals surface area contributed by atoms with E-state index in [-0.39, 0.29) is 6.10 Å². The fraction of sp³-hybridized carbons (Fsp3) is 0.857. The number of rotatable bonds is 2. The molecule has 1 saturated heterocycles. The van der Waals surface area contributed by atoms with Gasteiger partial charge in [-0.3, -0.25) is 4.90 Å². The van der Waals surface area contributed by atoms with Gasteiger partial charge in [0, 0.05) is 26.2 Å². The van der Waals surface area contributed by atoms with Crippen LogP contribution in [0.1, 0.15) is 5.82 Å². The van der Waals surface area contributed by atoms with E-state index in [1.54, 1.807) is 0 Å². The first kappa shape index (κ1) is 9.50. The van der Waals surface area contributed by atoms with E-state index < -0.39 is 0 Å². The van der Waals surface area contributed by atoms with Crippen molar-refractivity contribution < 1.29 is 5.11 Å². The van der Waals surface area contributed by atoms with Crippen LogP contribution >= 0.6 is 0 Å². The van der Waals surface area contributed by atoms with E-state index in [2.05, 4.69) is 30.8 Å². The van der Waals surface area contributed by atoms with Gasteiger partial charge in [0.05, 0.1) is 12.6 Å². The van der Waals surface area contributed by atoms with Gasteiger partial charge in [-0.25, -0.2) is 0 Å². The SMILES string of the molecule is OC1CNCCN(Cc2nn[nH]n2)C1. The molecule has 7 nitrogen and oxygen atoms in total. The van der Waals surface area contributed by atoms with Crippen molar-refractivity contribution in [2.45, 2.75) is 12.6 Å². The number of β-amino-alcohol motifs (C(OH)–C–C–N with tert-alkyl or cyclic N) is 1. The normalized spacial score (nSPS) is 24.8. The molecule has 78 valence electrons. The van der Waals surface area contributed by atoms with Gasteiger partial charge < -0.3 is 10.4 Å². The molecule has 1 aliphatic rings. The van der Waals surface area contributed by atoms with Crippen LogP contribution in [0.25, 0.3) is 0 Å². The predicted molar refractivity (Wildman–Crippen MR) is 48.3 cm³/mol. The highest BCUT2D eigenvalue weighted by Gasteiger charge is 2.16. The Morgan fingerprint density at radius 1 is 1.57 bits per heavy atom. The Morgan fingerprint density at radius 3 is 3.29 bits per heavy atom. The fourth-order valence-corrected chi connectivity index (χ4v) is 1.55. The molecular weight excluding hydrogens is 184 g/mol. The number of hydrogen-bond donors (Lipinski definition) is 3. The molecule has 1 aromatic rings. The molecule has 1 atom stereocenters. The zero-order chi connectivity index (χ0) is 9.80. The molecule has 2 heterocycles. The lowest BCUT2D eigenvalue weighted by atomic mass is 10.3. The minimum absolute atomic E-state index is 0.315. The predicted octanol–water partition coefficient (Wildman–Crippen LogP) is -2.03. The molecule has 0 amide bonds. The summed E-state index contributed by atoms with van der Waals surface area (Å²) in [4.78, 5) is 2.11. The van der Waals surface area contributed by atoms with Crippen molar-refractivity contribution in [2.75, 3.05) is 26.2 Å². The van der Waals surface area contributed by atoms with Gasteiger partial charge in [0.2, 0.25) is 0 Å². The molecule has 3 N–H and O–H groups in total. The van der Waals surface area contributed by atoms with E-state index in [0.29, 0.717) is 25.5 Å². The second-order valence-corrected chi connectivity index (χ2v) is 3.42. The Morgan fingerprint density at radius 2 is 2.50 bits per heavy atom. The summed E-state index contributed by atoms with van der Waals surface area (Å²) in [6.07, 6.45) is -0.315. The van der Waals surface area contributed by atoms with Gasteiger partial charge in [0.25, 0.3) is 0 Å². The van der Waals surface area contributed by atoms with Crippen molar-refractivity contribution in [1.82, 2.24) is 30.8 Å². The van der Waals surface area contributed by atoms with E-state index in [9.17, 15) is 5.11 Å². The van der Waals surface area contributed by atoms with Gasteiger partial charge in [-0.2, -0.15) is 5.21 Å². The first-order valence-corrected chi connectivity index (χ1v) is 4.68. The van der Waals surface area contributed by atoms with Gasteiger partial charge in [0.15, 0.2) is 5.82 Å². The van der Waals surface area contributed by atoms with Gasteiger partial charge in [-0.05, 0) is 0 Å². The Balaban J connectivity index is 1.90. The maximum Gasteiger partial charge on any atom is 0.188 e. The Kier molecular flexibility index (Phi) is 3.02. The summed E-state index contributed by atoms with van der Waals surface area (Å²) in [7, 11) is 0. The number of H-pyrrole nitrogens is 1. The summed E-state index contributed by atoms with van der Waals surface area (Å²) in [5, 5.41) is 26.3. The van der Waals surface area contributed by atoms with Crippen LogP contribution in [0.4, 0.5) is 0 Å². The zero-order valence-corrected chi connectivity index (χ0v) is 7.85. The van der Waals surface area contributed by atoms with E-state index in [0.717, 1.165) is 13.1 Å².